The molecule has 21 nitrogen and oxygen atoms in total. The van der Waals surface area contributed by atoms with Crippen molar-refractivity contribution in [2.75, 3.05) is 79.0 Å². The number of carbonyl (C=O) groups excluding carboxylic acids is 3. The number of hydrogen-bond acceptors (Lipinski definition) is 22. The van der Waals surface area contributed by atoms with Crippen LogP contribution in [0.25, 0.3) is 21.7 Å². The number of hydrogen-bond donors (Lipinski definition) is 3. The number of phenols is 1. The van der Waals surface area contributed by atoms with Gasteiger partial charge in [-0.3, -0.25) is 9.59 Å². The molecule has 6 aliphatic rings. The van der Waals surface area contributed by atoms with Crippen LogP contribution in [0.1, 0.15) is 121 Å². The highest BCUT2D eigenvalue weighted by atomic mass is 33.1. The first-order valence-electron chi connectivity index (χ1n) is 32.4. The van der Waals surface area contributed by atoms with Crippen LogP contribution in [0.2, 0.25) is 0 Å². The summed E-state index contributed by atoms with van der Waals surface area (Å²) in [6.45, 7) is 18.0. The fourth-order valence-electron chi connectivity index (χ4n) is 14.1. The lowest BCUT2D eigenvalue weighted by molar-refractivity contribution is -0.141. The van der Waals surface area contributed by atoms with E-state index in [0.717, 1.165) is 130 Å². The lowest BCUT2D eigenvalue weighted by Crippen LogP contribution is -2.54. The molecule has 5 saturated heterocycles. The molecule has 91 heavy (non-hydrogen) atoms. The molecule has 486 valence electrons. The Bertz CT molecular complexity index is 3450. The average Bonchev–Trinajstić information content (AvgIpc) is 1.76. The highest BCUT2D eigenvalue weighted by molar-refractivity contribution is 8.76. The standard InChI is InChI=1S/C67H86N12O9S3/c1-39(2)62(66(82)78-37-53(87-67(83)84-42(5)43(6)91-89-7)31-57(78)65(81)71-40(3)45-12-14-46(15-13-45)63-41(4)70-38-90-63)59-33-60(74-88-59)76-26-19-44(20-27-76)34-75-24-21-50(22-25-75)85-51-29-52(30-51)86-61-28-47(18-23-69-61)79-48-16-17-49(79)36-77(35-48)56-32-55(72-73-64(56)68)54-10-8-9-11-58(54)80/h8-15,18,23,28,32-33,38-40,42-44,48-53,57,62,80H,16-17,19-22,24-27,29-31,34-37H2,1-7H3,(H2,68,73)(H,71,81)/t40-,42?,43?,48?,49?,51-,52-,53+,57-,62+/m0/s1. The van der Waals surface area contributed by atoms with Crippen LogP contribution < -0.4 is 30.5 Å². The third-order valence-electron chi connectivity index (χ3n) is 19.4. The first kappa shape index (κ1) is 64.3. The van der Waals surface area contributed by atoms with Crippen LogP contribution in [0.3, 0.4) is 0 Å². The Morgan fingerprint density at radius 2 is 1.57 bits per heavy atom. The Morgan fingerprint density at radius 3 is 2.27 bits per heavy atom. The molecule has 4 N–H and O–H groups in total. The summed E-state index contributed by atoms with van der Waals surface area (Å²) >= 11 is 1.59. The second-order valence-corrected chi connectivity index (χ2v) is 29.6. The second kappa shape index (κ2) is 28.6. The molecule has 5 aliphatic heterocycles. The molecule has 4 unspecified atom stereocenters. The van der Waals surface area contributed by atoms with Crippen molar-refractivity contribution < 1.29 is 43.0 Å². The second-order valence-electron chi connectivity index (χ2n) is 25.9. The van der Waals surface area contributed by atoms with Crippen LogP contribution in [0, 0.1) is 18.8 Å². The molecule has 4 aromatic heterocycles. The molecule has 2 bridgehead atoms. The Balaban J connectivity index is 0.589. The maximum Gasteiger partial charge on any atom is 0.508 e. The molecule has 9 heterocycles. The molecule has 1 saturated carbocycles. The van der Waals surface area contributed by atoms with Gasteiger partial charge in [0.05, 0.1) is 52.3 Å². The molecule has 6 fully saturated rings. The van der Waals surface area contributed by atoms with Gasteiger partial charge in [0.2, 0.25) is 17.7 Å². The SMILES string of the molecule is CSSC(C)C(C)OC(=O)O[C@@H]1C[C@@H](C(=O)N[C@@H](C)c2ccc(-c3scnc3C)cc2)N(C(=O)[C@@H](c2cc(N3CCC(CN4CCC(O[C@H]5C[C@H](Oc6cc(N7C8CCC7CN(c7cc(-c9ccccc9O)nnc7N)C8)ccn6)C5)CC4)CC3)no2)C(C)C)C1. The maximum absolute atomic E-state index is 15.0. The number of carbonyl (C=O) groups is 3. The summed E-state index contributed by atoms with van der Waals surface area (Å²) in [5.74, 6) is 1.35. The lowest BCUT2D eigenvalue weighted by atomic mass is 9.91. The summed E-state index contributed by atoms with van der Waals surface area (Å²) in [5.41, 5.74) is 14.4. The van der Waals surface area contributed by atoms with Crippen molar-refractivity contribution in [2.45, 2.75) is 165 Å². The summed E-state index contributed by atoms with van der Waals surface area (Å²) in [6.07, 6.45) is 10.4. The number of benzene rings is 2. The number of aromatic nitrogens is 5. The highest BCUT2D eigenvalue weighted by Gasteiger charge is 2.47. The van der Waals surface area contributed by atoms with E-state index >= 15 is 0 Å². The van der Waals surface area contributed by atoms with E-state index in [1.54, 1.807) is 50.0 Å². The van der Waals surface area contributed by atoms with Gasteiger partial charge in [0, 0.05) is 112 Å². The maximum atomic E-state index is 15.0. The lowest BCUT2D eigenvalue weighted by Gasteiger charge is -2.43. The number of phenolic OH excluding ortho intramolecular Hbond substituents is 1. The van der Waals surface area contributed by atoms with Gasteiger partial charge in [-0.1, -0.05) is 77.0 Å². The minimum Gasteiger partial charge on any atom is -0.507 e. The van der Waals surface area contributed by atoms with Crippen molar-refractivity contribution in [3.05, 3.63) is 102 Å². The number of pyridine rings is 1. The van der Waals surface area contributed by atoms with Gasteiger partial charge < -0.3 is 64.1 Å². The Labute approximate surface area is 545 Å². The number of piperidine rings is 2. The van der Waals surface area contributed by atoms with E-state index in [0.29, 0.717) is 52.5 Å². The number of fused-ring (bicyclic) bond motifs is 2. The molecule has 2 aromatic carbocycles. The van der Waals surface area contributed by atoms with Crippen molar-refractivity contribution >= 4 is 73.9 Å². The Kier molecular flexibility index (Phi) is 20.2. The molecule has 6 aromatic rings. The monoisotopic (exact) mass is 1300 g/mol. The molecule has 12 rings (SSSR count). The Hall–Kier alpha value is -6.86. The minimum atomic E-state index is -0.911. The van der Waals surface area contributed by atoms with Crippen molar-refractivity contribution in [3.63, 3.8) is 0 Å². The number of likely N-dealkylation sites (tertiary alicyclic amines) is 2. The van der Waals surface area contributed by atoms with Crippen LogP contribution in [0.4, 0.5) is 27.8 Å². The fourth-order valence-corrected chi connectivity index (χ4v) is 16.8. The van der Waals surface area contributed by atoms with Crippen molar-refractivity contribution in [1.29, 1.82) is 0 Å². The quantitative estimate of drug-likeness (QED) is 0.0423. The largest absolute Gasteiger partial charge is 0.508 e. The number of nitrogens with one attached hydrogen (secondary N) is 1. The van der Waals surface area contributed by atoms with E-state index < -0.39 is 30.3 Å². The fraction of sp³-hybridized carbons (Fsp3) is 0.552. The third kappa shape index (κ3) is 14.8. The summed E-state index contributed by atoms with van der Waals surface area (Å²) in [6, 6.07) is 22.6. The normalized spacial score (nSPS) is 23.6. The number of nitrogens with two attached hydrogens (primary N) is 1. The zero-order valence-electron chi connectivity index (χ0n) is 53.1. The molecule has 2 amide bonds. The van der Waals surface area contributed by atoms with Crippen LogP contribution >= 0.6 is 32.9 Å². The summed E-state index contributed by atoms with van der Waals surface area (Å²) in [5, 5.41) is 26.8. The number of aryl methyl sites for hydroxylation is 1. The van der Waals surface area contributed by atoms with Gasteiger partial charge in [0.1, 0.15) is 36.0 Å². The van der Waals surface area contributed by atoms with Crippen LogP contribution in [0.5, 0.6) is 11.6 Å². The van der Waals surface area contributed by atoms with Gasteiger partial charge in [-0.15, -0.1) is 21.5 Å². The molecule has 8 atom stereocenters. The first-order valence-corrected chi connectivity index (χ1v) is 35.9. The number of para-hydroxylation sites is 1. The molecule has 1 aliphatic carbocycles. The van der Waals surface area contributed by atoms with Gasteiger partial charge >= 0.3 is 6.16 Å². The average molecular weight is 1300 g/mol. The summed E-state index contributed by atoms with van der Waals surface area (Å²) in [7, 11) is 3.20. The van der Waals surface area contributed by atoms with E-state index in [1.807, 2.05) is 108 Å². The van der Waals surface area contributed by atoms with Gasteiger partial charge in [-0.05, 0) is 120 Å². The van der Waals surface area contributed by atoms with E-state index in [9.17, 15) is 19.5 Å². The zero-order chi connectivity index (χ0) is 63.4. The van der Waals surface area contributed by atoms with Gasteiger partial charge in [-0.2, -0.15) is 0 Å². The third-order valence-corrected chi connectivity index (χ3v) is 22.7. The number of thiazole rings is 1. The number of amides is 2. The molecule has 0 radical (unpaired) electrons. The summed E-state index contributed by atoms with van der Waals surface area (Å²) < 4.78 is 30.7. The molecular formula is C67H86N12O9S3. The van der Waals surface area contributed by atoms with Crippen LogP contribution in [-0.4, -0.2) is 171 Å². The van der Waals surface area contributed by atoms with Crippen molar-refractivity contribution in [2.24, 2.45) is 11.8 Å². The smallest absolute Gasteiger partial charge is 0.507 e. The van der Waals surface area contributed by atoms with Gasteiger partial charge in [0.15, 0.2) is 17.4 Å². The van der Waals surface area contributed by atoms with Crippen LogP contribution in [0.15, 0.2) is 89.0 Å². The van der Waals surface area contributed by atoms with Crippen LogP contribution in [-0.2, 0) is 23.8 Å². The van der Waals surface area contributed by atoms with Crippen molar-refractivity contribution in [3.8, 4) is 33.3 Å². The number of piperazine rings is 1. The minimum absolute atomic E-state index is 0.0275. The highest BCUT2D eigenvalue weighted by Crippen LogP contribution is 2.42. The number of aromatic hydroxyl groups is 1. The summed E-state index contributed by atoms with van der Waals surface area (Å²) in [4.78, 5) is 63.9. The van der Waals surface area contributed by atoms with Gasteiger partial charge in [0.25, 0.3) is 0 Å². The first-order chi connectivity index (χ1) is 44.0. The predicted octanol–water partition coefficient (Wildman–Crippen LogP) is 10.9. The molecule has 0 spiro atoms. The van der Waals surface area contributed by atoms with E-state index in [-0.39, 0.29) is 66.1 Å². The predicted molar refractivity (Wildman–Crippen MR) is 357 cm³/mol. The number of rotatable bonds is 22. The Morgan fingerprint density at radius 1 is 0.824 bits per heavy atom. The van der Waals surface area contributed by atoms with E-state index in [4.69, 9.17) is 29.2 Å². The number of nitrogens with zero attached hydrogens (tertiary/aromatic N) is 10. The van der Waals surface area contributed by atoms with E-state index in [2.05, 4.69) is 62.4 Å². The number of anilines is 4. The number of ether oxygens (including phenoxy) is 4. The topological polar surface area (TPSA) is 240 Å². The van der Waals surface area contributed by atoms with Gasteiger partial charge in [-0.25, -0.2) is 14.8 Å². The van der Waals surface area contributed by atoms with Crippen molar-refractivity contribution in [1.82, 2.24) is 40.4 Å². The zero-order valence-corrected chi connectivity index (χ0v) is 55.5. The molecule has 24 heteroatoms. The number of nitrogen functional groups attached to an aromatic ring is 1. The van der Waals surface area contributed by atoms with E-state index in [1.165, 1.54) is 0 Å². The molecular weight excluding hydrogens is 1210 g/mol.